The second kappa shape index (κ2) is 5.94. The Morgan fingerprint density at radius 3 is 2.24 bits per heavy atom. The van der Waals surface area contributed by atoms with Crippen LogP contribution in [0.5, 0.6) is 0 Å². The van der Waals surface area contributed by atoms with Gasteiger partial charge in [-0.3, -0.25) is 0 Å². The summed E-state index contributed by atoms with van der Waals surface area (Å²) >= 11 is 5.13. The molecule has 3 aromatic rings. The largest absolute Gasteiger partial charge is 0.389 e. The highest BCUT2D eigenvalue weighted by molar-refractivity contribution is 7.80. The van der Waals surface area contributed by atoms with Crippen LogP contribution in [-0.4, -0.2) is 4.99 Å². The average molecular weight is 292 g/mol. The second-order valence-corrected chi connectivity index (χ2v) is 5.35. The van der Waals surface area contributed by atoms with Gasteiger partial charge >= 0.3 is 0 Å². The molecule has 0 bridgehead atoms. The summed E-state index contributed by atoms with van der Waals surface area (Å²) in [5.74, 6) is 0. The predicted molar refractivity (Wildman–Crippen MR) is 93.6 cm³/mol. The van der Waals surface area contributed by atoms with Crippen LogP contribution in [0.3, 0.4) is 0 Å². The Kier molecular flexibility index (Phi) is 3.84. The molecule has 0 fully saturated rings. The van der Waals surface area contributed by atoms with Gasteiger partial charge in [-0.15, -0.1) is 0 Å². The molecule has 3 N–H and O–H groups in total. The fraction of sp³-hybridized carbons (Fsp3) is 0.0556. The normalized spacial score (nSPS) is 10.5. The summed E-state index contributed by atoms with van der Waals surface area (Å²) in [5, 5.41) is 5.71. The molecule has 2 nitrogen and oxygen atoms in total. The zero-order valence-corrected chi connectivity index (χ0v) is 12.4. The lowest BCUT2D eigenvalue weighted by molar-refractivity contribution is 1.15. The molecule has 3 heteroatoms. The van der Waals surface area contributed by atoms with Crippen molar-refractivity contribution in [2.24, 2.45) is 5.73 Å². The lowest BCUT2D eigenvalue weighted by Crippen LogP contribution is -2.10. The number of nitrogens with two attached hydrogens (primary N) is 1. The van der Waals surface area contributed by atoms with Crippen molar-refractivity contribution in [3.63, 3.8) is 0 Å². The Labute approximate surface area is 129 Å². The molecular weight excluding hydrogens is 276 g/mol. The third-order valence-corrected chi connectivity index (χ3v) is 3.74. The SMILES string of the molecule is NC(=S)c1ccc(NCc2ccccc2)c2ccccc12. The van der Waals surface area contributed by atoms with Crippen molar-refractivity contribution in [3.05, 3.63) is 77.9 Å². The number of hydrogen-bond donors (Lipinski definition) is 2. The fourth-order valence-corrected chi connectivity index (χ4v) is 2.64. The Hall–Kier alpha value is -2.39. The van der Waals surface area contributed by atoms with Crippen LogP contribution in [0.4, 0.5) is 5.69 Å². The molecule has 0 unspecified atom stereocenters. The van der Waals surface area contributed by atoms with Crippen molar-refractivity contribution in [1.29, 1.82) is 0 Å². The van der Waals surface area contributed by atoms with E-state index >= 15 is 0 Å². The lowest BCUT2D eigenvalue weighted by atomic mass is 10.0. The van der Waals surface area contributed by atoms with E-state index in [0.29, 0.717) is 4.99 Å². The van der Waals surface area contributed by atoms with Crippen molar-refractivity contribution in [2.45, 2.75) is 6.54 Å². The summed E-state index contributed by atoms with van der Waals surface area (Å²) in [6.07, 6.45) is 0. The first-order valence-corrected chi connectivity index (χ1v) is 7.26. The summed E-state index contributed by atoms with van der Waals surface area (Å²) in [7, 11) is 0. The van der Waals surface area contributed by atoms with Crippen molar-refractivity contribution in [1.82, 2.24) is 0 Å². The van der Waals surface area contributed by atoms with Gasteiger partial charge in [0.2, 0.25) is 0 Å². The topological polar surface area (TPSA) is 38.0 Å². The Morgan fingerprint density at radius 2 is 1.52 bits per heavy atom. The standard InChI is InChI=1S/C18H16N2S/c19-18(21)16-10-11-17(15-9-5-4-8-14(15)16)20-12-13-6-2-1-3-7-13/h1-11,20H,12H2,(H2,19,21). The molecular formula is C18H16N2S. The van der Waals surface area contributed by atoms with E-state index < -0.39 is 0 Å². The van der Waals surface area contributed by atoms with Gasteiger partial charge in [0.1, 0.15) is 4.99 Å². The maximum absolute atomic E-state index is 5.81. The van der Waals surface area contributed by atoms with Crippen LogP contribution >= 0.6 is 12.2 Å². The zero-order valence-electron chi connectivity index (χ0n) is 11.5. The third-order valence-electron chi connectivity index (χ3n) is 3.52. The number of thiocarbonyl (C=S) groups is 1. The number of anilines is 1. The van der Waals surface area contributed by atoms with Gasteiger partial charge in [-0.2, -0.15) is 0 Å². The zero-order chi connectivity index (χ0) is 14.7. The molecule has 0 heterocycles. The van der Waals surface area contributed by atoms with E-state index in [4.69, 9.17) is 18.0 Å². The first-order valence-electron chi connectivity index (χ1n) is 6.85. The Morgan fingerprint density at radius 1 is 0.857 bits per heavy atom. The van der Waals surface area contributed by atoms with Crippen molar-refractivity contribution in [3.8, 4) is 0 Å². The minimum atomic E-state index is 0.431. The van der Waals surface area contributed by atoms with Crippen molar-refractivity contribution in [2.75, 3.05) is 5.32 Å². The Balaban J connectivity index is 1.96. The molecule has 0 spiro atoms. The fourth-order valence-electron chi connectivity index (χ4n) is 2.46. The molecule has 0 aromatic heterocycles. The van der Waals surface area contributed by atoms with Crippen LogP contribution in [0.15, 0.2) is 66.7 Å². The smallest absolute Gasteiger partial charge is 0.104 e. The molecule has 0 saturated carbocycles. The van der Waals surface area contributed by atoms with E-state index in [1.807, 2.05) is 42.5 Å². The molecule has 3 rings (SSSR count). The van der Waals surface area contributed by atoms with Crippen LogP contribution in [0.2, 0.25) is 0 Å². The van der Waals surface area contributed by atoms with E-state index in [9.17, 15) is 0 Å². The van der Waals surface area contributed by atoms with Gasteiger partial charge in [-0.25, -0.2) is 0 Å². The number of rotatable bonds is 4. The summed E-state index contributed by atoms with van der Waals surface area (Å²) in [6.45, 7) is 0.789. The van der Waals surface area contributed by atoms with E-state index in [1.54, 1.807) is 0 Å². The van der Waals surface area contributed by atoms with E-state index in [1.165, 1.54) is 5.56 Å². The highest BCUT2D eigenvalue weighted by Gasteiger charge is 2.07. The highest BCUT2D eigenvalue weighted by atomic mass is 32.1. The van der Waals surface area contributed by atoms with Gasteiger partial charge < -0.3 is 11.1 Å². The van der Waals surface area contributed by atoms with Crippen LogP contribution in [0, 0.1) is 0 Å². The predicted octanol–water partition coefficient (Wildman–Crippen LogP) is 4.09. The van der Waals surface area contributed by atoms with Gasteiger partial charge in [-0.1, -0.05) is 66.8 Å². The van der Waals surface area contributed by atoms with Crippen molar-refractivity contribution >= 4 is 33.7 Å². The maximum atomic E-state index is 5.81. The summed E-state index contributed by atoms with van der Waals surface area (Å²) < 4.78 is 0. The number of benzene rings is 3. The number of nitrogens with one attached hydrogen (secondary N) is 1. The molecule has 0 saturated heterocycles. The first-order chi connectivity index (χ1) is 10.3. The summed E-state index contributed by atoms with van der Waals surface area (Å²) in [4.78, 5) is 0.431. The minimum absolute atomic E-state index is 0.431. The van der Waals surface area contributed by atoms with Gasteiger partial charge in [0, 0.05) is 23.2 Å². The Bertz CT molecular complexity index is 782. The molecule has 0 radical (unpaired) electrons. The summed E-state index contributed by atoms with van der Waals surface area (Å²) in [6, 6.07) is 22.5. The number of hydrogen-bond acceptors (Lipinski definition) is 2. The van der Waals surface area contributed by atoms with E-state index in [0.717, 1.165) is 28.6 Å². The minimum Gasteiger partial charge on any atom is -0.389 e. The van der Waals surface area contributed by atoms with Crippen LogP contribution in [0.25, 0.3) is 10.8 Å². The number of fused-ring (bicyclic) bond motifs is 1. The van der Waals surface area contributed by atoms with Gasteiger partial charge in [0.05, 0.1) is 0 Å². The van der Waals surface area contributed by atoms with Crippen LogP contribution < -0.4 is 11.1 Å². The van der Waals surface area contributed by atoms with E-state index in [2.05, 4.69) is 29.6 Å². The molecule has 3 aromatic carbocycles. The van der Waals surface area contributed by atoms with Gasteiger partial charge in [-0.05, 0) is 23.1 Å². The van der Waals surface area contributed by atoms with Gasteiger partial charge in [0.15, 0.2) is 0 Å². The molecule has 104 valence electrons. The summed E-state index contributed by atoms with van der Waals surface area (Å²) in [5.41, 5.74) is 9.07. The van der Waals surface area contributed by atoms with Crippen molar-refractivity contribution < 1.29 is 0 Å². The molecule has 0 atom stereocenters. The first kappa shape index (κ1) is 13.6. The molecule has 0 aliphatic rings. The molecule has 0 aliphatic heterocycles. The quantitative estimate of drug-likeness (QED) is 0.711. The average Bonchev–Trinajstić information content (AvgIpc) is 2.53. The maximum Gasteiger partial charge on any atom is 0.104 e. The van der Waals surface area contributed by atoms with E-state index in [-0.39, 0.29) is 0 Å². The highest BCUT2D eigenvalue weighted by Crippen LogP contribution is 2.27. The molecule has 0 aliphatic carbocycles. The second-order valence-electron chi connectivity index (χ2n) is 4.91. The monoisotopic (exact) mass is 292 g/mol. The van der Waals surface area contributed by atoms with Gasteiger partial charge in [0.25, 0.3) is 0 Å². The lowest BCUT2D eigenvalue weighted by Gasteiger charge is -2.12. The van der Waals surface area contributed by atoms with Crippen LogP contribution in [0.1, 0.15) is 11.1 Å². The molecule has 21 heavy (non-hydrogen) atoms. The third kappa shape index (κ3) is 2.88. The molecule has 0 amide bonds. The van der Waals surface area contributed by atoms with Crippen LogP contribution in [-0.2, 0) is 6.54 Å².